The number of aromatic nitrogens is 1. The second-order valence-corrected chi connectivity index (χ2v) is 5.15. The molecule has 0 radical (unpaired) electrons. The average Bonchev–Trinajstić information content (AvgIpc) is 2.44. The lowest BCUT2D eigenvalue weighted by molar-refractivity contribution is -0.689. The summed E-state index contributed by atoms with van der Waals surface area (Å²) in [6.45, 7) is 2.11. The van der Waals surface area contributed by atoms with E-state index in [1.165, 1.54) is 24.3 Å². The van der Waals surface area contributed by atoms with E-state index in [1.807, 2.05) is 29.8 Å². The molecule has 0 amide bonds. The number of benzene rings is 1. The second-order valence-electron chi connectivity index (χ2n) is 4.30. The Hall–Kier alpha value is -2.08. The SMILES string of the molecule is Cc1c(Br)ccc[n+]1CC(=O)c1ccc([N+](=O)[O-])cc1. The van der Waals surface area contributed by atoms with Crippen LogP contribution in [0.25, 0.3) is 0 Å². The number of nitro groups is 1. The topological polar surface area (TPSA) is 64.1 Å². The predicted molar refractivity (Wildman–Crippen MR) is 76.5 cm³/mol. The molecule has 0 atom stereocenters. The van der Waals surface area contributed by atoms with E-state index in [4.69, 9.17) is 0 Å². The highest BCUT2D eigenvalue weighted by Crippen LogP contribution is 2.13. The van der Waals surface area contributed by atoms with Gasteiger partial charge in [0.2, 0.25) is 12.3 Å². The largest absolute Gasteiger partial charge is 0.287 e. The van der Waals surface area contributed by atoms with Gasteiger partial charge in [0, 0.05) is 30.7 Å². The minimum atomic E-state index is -0.485. The molecule has 0 saturated heterocycles. The van der Waals surface area contributed by atoms with Crippen molar-refractivity contribution in [2.45, 2.75) is 13.5 Å². The molecule has 0 saturated carbocycles. The number of halogens is 1. The molecule has 5 nitrogen and oxygen atoms in total. The number of hydrogen-bond donors (Lipinski definition) is 0. The van der Waals surface area contributed by atoms with Gasteiger partial charge in [-0.15, -0.1) is 0 Å². The molecule has 20 heavy (non-hydrogen) atoms. The molecule has 0 aliphatic heterocycles. The zero-order valence-electron chi connectivity index (χ0n) is 10.7. The maximum atomic E-state index is 12.2. The van der Waals surface area contributed by atoms with Crippen molar-refractivity contribution in [2.24, 2.45) is 0 Å². The lowest BCUT2D eigenvalue weighted by atomic mass is 10.1. The Morgan fingerprint density at radius 1 is 1.30 bits per heavy atom. The van der Waals surface area contributed by atoms with Crippen LogP contribution in [0.4, 0.5) is 5.69 Å². The van der Waals surface area contributed by atoms with Crippen molar-refractivity contribution in [3.63, 3.8) is 0 Å². The van der Waals surface area contributed by atoms with Gasteiger partial charge in [-0.25, -0.2) is 0 Å². The third-order valence-corrected chi connectivity index (χ3v) is 3.84. The highest BCUT2D eigenvalue weighted by Gasteiger charge is 2.16. The van der Waals surface area contributed by atoms with Gasteiger partial charge in [-0.2, -0.15) is 4.57 Å². The van der Waals surface area contributed by atoms with Crippen LogP contribution in [0.2, 0.25) is 0 Å². The van der Waals surface area contributed by atoms with E-state index in [0.29, 0.717) is 5.56 Å². The summed E-state index contributed by atoms with van der Waals surface area (Å²) in [6.07, 6.45) is 1.82. The van der Waals surface area contributed by atoms with Crippen molar-refractivity contribution in [1.29, 1.82) is 0 Å². The van der Waals surface area contributed by atoms with Crippen molar-refractivity contribution < 1.29 is 14.3 Å². The minimum Gasteiger partial charge on any atom is -0.287 e. The summed E-state index contributed by atoms with van der Waals surface area (Å²) in [7, 11) is 0. The highest BCUT2D eigenvalue weighted by molar-refractivity contribution is 9.10. The Labute approximate surface area is 124 Å². The third kappa shape index (κ3) is 3.08. The fourth-order valence-corrected chi connectivity index (χ4v) is 2.17. The summed E-state index contributed by atoms with van der Waals surface area (Å²) in [4.78, 5) is 22.2. The average molecular weight is 336 g/mol. The highest BCUT2D eigenvalue weighted by atomic mass is 79.9. The third-order valence-electron chi connectivity index (χ3n) is 3.00. The van der Waals surface area contributed by atoms with E-state index in [9.17, 15) is 14.9 Å². The Morgan fingerprint density at radius 3 is 2.55 bits per heavy atom. The number of nitrogens with zero attached hydrogens (tertiary/aromatic N) is 2. The van der Waals surface area contributed by atoms with E-state index < -0.39 is 4.92 Å². The maximum Gasteiger partial charge on any atom is 0.269 e. The summed E-state index contributed by atoms with van der Waals surface area (Å²) < 4.78 is 2.75. The molecule has 1 aromatic carbocycles. The molecule has 0 aliphatic carbocycles. The first-order valence-corrected chi connectivity index (χ1v) is 6.70. The maximum absolute atomic E-state index is 12.2. The molecule has 1 aromatic heterocycles. The van der Waals surface area contributed by atoms with Crippen LogP contribution < -0.4 is 4.57 Å². The number of rotatable bonds is 4. The first kappa shape index (κ1) is 14.3. The van der Waals surface area contributed by atoms with E-state index >= 15 is 0 Å². The van der Waals surface area contributed by atoms with Crippen molar-refractivity contribution in [3.8, 4) is 0 Å². The van der Waals surface area contributed by atoms with Crippen LogP contribution >= 0.6 is 15.9 Å². The van der Waals surface area contributed by atoms with Crippen molar-refractivity contribution >= 4 is 27.4 Å². The molecule has 0 spiro atoms. The molecule has 0 aliphatic rings. The summed E-state index contributed by atoms with van der Waals surface area (Å²) in [5.74, 6) is -0.0916. The second kappa shape index (κ2) is 5.92. The predicted octanol–water partition coefficient (Wildman–Crippen LogP) is 2.84. The number of hydrogen-bond acceptors (Lipinski definition) is 3. The Bertz CT molecular complexity index is 669. The van der Waals surface area contributed by atoms with Crippen LogP contribution in [0, 0.1) is 17.0 Å². The van der Waals surface area contributed by atoms with E-state index in [1.54, 1.807) is 0 Å². The van der Waals surface area contributed by atoms with Gasteiger partial charge in [-0.3, -0.25) is 14.9 Å². The number of carbonyl (C=O) groups excluding carboxylic acids is 1. The molecular formula is C14H12BrN2O3+. The Kier molecular flexibility index (Phi) is 4.24. The van der Waals surface area contributed by atoms with E-state index in [2.05, 4.69) is 15.9 Å². The first-order chi connectivity index (χ1) is 9.49. The van der Waals surface area contributed by atoms with Gasteiger partial charge in [0.05, 0.1) is 9.40 Å². The lowest BCUT2D eigenvalue weighted by Gasteiger charge is -2.02. The van der Waals surface area contributed by atoms with Crippen LogP contribution in [0.15, 0.2) is 47.1 Å². The standard InChI is InChI=1S/C14H12BrN2O3/c1-10-13(15)3-2-8-16(10)9-14(18)11-4-6-12(7-5-11)17(19)20/h2-8H,9H2,1H3/q+1. The lowest BCUT2D eigenvalue weighted by Crippen LogP contribution is -2.40. The first-order valence-electron chi connectivity index (χ1n) is 5.91. The summed E-state index contributed by atoms with van der Waals surface area (Å²) >= 11 is 3.41. The minimum absolute atomic E-state index is 0.0205. The molecule has 0 bridgehead atoms. The molecule has 2 aromatic rings. The summed E-state index contributed by atoms with van der Waals surface area (Å²) in [6, 6.07) is 9.39. The monoisotopic (exact) mass is 335 g/mol. The molecule has 0 unspecified atom stereocenters. The zero-order chi connectivity index (χ0) is 14.7. The van der Waals surface area contributed by atoms with Crippen molar-refractivity contribution in [1.82, 2.24) is 0 Å². The normalized spacial score (nSPS) is 10.3. The van der Waals surface area contributed by atoms with Crippen LogP contribution in [0.3, 0.4) is 0 Å². The fraction of sp³-hybridized carbons (Fsp3) is 0.143. The quantitative estimate of drug-likeness (QED) is 0.373. The number of non-ortho nitro benzene ring substituents is 1. The molecule has 0 fully saturated rings. The van der Waals surface area contributed by atoms with Crippen LogP contribution in [-0.4, -0.2) is 10.7 Å². The van der Waals surface area contributed by atoms with Gasteiger partial charge in [0.25, 0.3) is 5.69 Å². The molecular weight excluding hydrogens is 324 g/mol. The van der Waals surface area contributed by atoms with Crippen LogP contribution in [0.1, 0.15) is 16.1 Å². The molecule has 6 heteroatoms. The molecule has 102 valence electrons. The van der Waals surface area contributed by atoms with Crippen LogP contribution in [-0.2, 0) is 6.54 Å². The summed E-state index contributed by atoms with van der Waals surface area (Å²) in [5, 5.41) is 10.6. The molecule has 0 N–H and O–H groups in total. The summed E-state index contributed by atoms with van der Waals surface area (Å²) in [5.41, 5.74) is 1.39. The van der Waals surface area contributed by atoms with Gasteiger partial charge in [-0.1, -0.05) is 0 Å². The Morgan fingerprint density at radius 2 is 1.95 bits per heavy atom. The number of nitro benzene ring substituents is 1. The van der Waals surface area contributed by atoms with E-state index in [-0.39, 0.29) is 18.0 Å². The molecule has 2 rings (SSSR count). The fourth-order valence-electron chi connectivity index (χ4n) is 1.79. The zero-order valence-corrected chi connectivity index (χ0v) is 12.3. The van der Waals surface area contributed by atoms with Gasteiger partial charge < -0.3 is 0 Å². The number of ketones is 1. The molecule has 1 heterocycles. The van der Waals surface area contributed by atoms with Gasteiger partial charge in [0.15, 0.2) is 11.9 Å². The number of Topliss-reactive ketones (excluding diaryl/α,β-unsaturated/α-hetero) is 1. The number of pyridine rings is 1. The van der Waals surface area contributed by atoms with Crippen molar-refractivity contribution in [3.05, 3.63) is 68.4 Å². The van der Waals surface area contributed by atoms with Crippen molar-refractivity contribution in [2.75, 3.05) is 0 Å². The van der Waals surface area contributed by atoms with Crippen LogP contribution in [0.5, 0.6) is 0 Å². The van der Waals surface area contributed by atoms with Gasteiger partial charge in [-0.05, 0) is 34.1 Å². The smallest absolute Gasteiger partial charge is 0.269 e. The van der Waals surface area contributed by atoms with E-state index in [0.717, 1.165) is 10.2 Å². The van der Waals surface area contributed by atoms with Gasteiger partial charge in [0.1, 0.15) is 0 Å². The Balaban J connectivity index is 2.20. The number of carbonyl (C=O) groups is 1. The van der Waals surface area contributed by atoms with Gasteiger partial charge >= 0.3 is 0 Å².